The van der Waals surface area contributed by atoms with Gasteiger partial charge in [0.05, 0.1) is 0 Å². The van der Waals surface area contributed by atoms with Gasteiger partial charge in [-0.05, 0) is 24.1 Å². The van der Waals surface area contributed by atoms with Crippen LogP contribution >= 0.6 is 0 Å². The molecule has 5 nitrogen and oxygen atoms in total. The highest BCUT2D eigenvalue weighted by Gasteiger charge is 2.06. The highest BCUT2D eigenvalue weighted by atomic mass is 16.5. The maximum Gasteiger partial charge on any atom is 0.269 e. The SMILES string of the molecule is COCCCNC(=O)c1cc(CN)ccn1. The van der Waals surface area contributed by atoms with Crippen LogP contribution in [0.3, 0.4) is 0 Å². The summed E-state index contributed by atoms with van der Waals surface area (Å²) in [6.45, 7) is 1.63. The number of nitrogens with two attached hydrogens (primary N) is 1. The minimum absolute atomic E-state index is 0.175. The summed E-state index contributed by atoms with van der Waals surface area (Å²) in [6, 6.07) is 3.49. The van der Waals surface area contributed by atoms with E-state index in [2.05, 4.69) is 10.3 Å². The van der Waals surface area contributed by atoms with Gasteiger partial charge < -0.3 is 15.8 Å². The average Bonchev–Trinajstić information content (AvgIpc) is 2.34. The summed E-state index contributed by atoms with van der Waals surface area (Å²) in [5, 5.41) is 2.76. The van der Waals surface area contributed by atoms with Crippen molar-refractivity contribution in [3.8, 4) is 0 Å². The fraction of sp³-hybridized carbons (Fsp3) is 0.455. The smallest absolute Gasteiger partial charge is 0.269 e. The summed E-state index contributed by atoms with van der Waals surface area (Å²) in [5.74, 6) is -0.175. The molecule has 1 aromatic rings. The third-order valence-corrected chi connectivity index (χ3v) is 2.10. The van der Waals surface area contributed by atoms with Crippen LogP contribution in [-0.2, 0) is 11.3 Å². The average molecular weight is 223 g/mol. The Morgan fingerprint density at radius 3 is 3.12 bits per heavy atom. The minimum atomic E-state index is -0.175. The molecule has 88 valence electrons. The normalized spacial score (nSPS) is 10.1. The fourth-order valence-corrected chi connectivity index (χ4v) is 1.23. The van der Waals surface area contributed by atoms with Crippen LogP contribution in [0.4, 0.5) is 0 Å². The molecule has 0 bridgehead atoms. The van der Waals surface area contributed by atoms with Gasteiger partial charge in [-0.2, -0.15) is 0 Å². The lowest BCUT2D eigenvalue weighted by atomic mass is 10.2. The first-order valence-electron chi connectivity index (χ1n) is 5.20. The number of nitrogens with one attached hydrogen (secondary N) is 1. The summed E-state index contributed by atoms with van der Waals surface area (Å²) in [6.07, 6.45) is 2.38. The molecular formula is C11H17N3O2. The van der Waals surface area contributed by atoms with Crippen molar-refractivity contribution in [2.24, 2.45) is 5.73 Å². The van der Waals surface area contributed by atoms with Crippen LogP contribution < -0.4 is 11.1 Å². The summed E-state index contributed by atoms with van der Waals surface area (Å²) < 4.78 is 4.88. The second kappa shape index (κ2) is 6.92. The zero-order valence-corrected chi connectivity index (χ0v) is 9.40. The van der Waals surface area contributed by atoms with E-state index in [0.29, 0.717) is 25.4 Å². The van der Waals surface area contributed by atoms with Crippen LogP contribution in [0.2, 0.25) is 0 Å². The summed E-state index contributed by atoms with van der Waals surface area (Å²) in [4.78, 5) is 15.6. The van der Waals surface area contributed by atoms with Crippen molar-refractivity contribution in [1.29, 1.82) is 0 Å². The number of pyridine rings is 1. The van der Waals surface area contributed by atoms with Crippen LogP contribution in [0.5, 0.6) is 0 Å². The number of aromatic nitrogens is 1. The fourth-order valence-electron chi connectivity index (χ4n) is 1.23. The number of rotatable bonds is 6. The molecule has 3 N–H and O–H groups in total. The molecule has 16 heavy (non-hydrogen) atoms. The van der Waals surface area contributed by atoms with E-state index >= 15 is 0 Å². The Morgan fingerprint density at radius 1 is 1.62 bits per heavy atom. The van der Waals surface area contributed by atoms with Crippen LogP contribution in [0.1, 0.15) is 22.5 Å². The maximum absolute atomic E-state index is 11.6. The molecule has 0 saturated carbocycles. The highest BCUT2D eigenvalue weighted by Crippen LogP contribution is 2.00. The Bertz CT molecular complexity index is 342. The van der Waals surface area contributed by atoms with Crippen molar-refractivity contribution in [3.05, 3.63) is 29.6 Å². The van der Waals surface area contributed by atoms with Crippen molar-refractivity contribution in [2.75, 3.05) is 20.3 Å². The van der Waals surface area contributed by atoms with Gasteiger partial charge in [0.1, 0.15) is 5.69 Å². The first kappa shape index (κ1) is 12.6. The number of amides is 1. The number of ether oxygens (including phenoxy) is 1. The second-order valence-corrected chi connectivity index (χ2v) is 3.36. The zero-order chi connectivity index (χ0) is 11.8. The van der Waals surface area contributed by atoms with E-state index < -0.39 is 0 Å². The molecule has 0 unspecified atom stereocenters. The van der Waals surface area contributed by atoms with E-state index in [1.54, 1.807) is 25.4 Å². The molecule has 0 aromatic carbocycles. The maximum atomic E-state index is 11.6. The minimum Gasteiger partial charge on any atom is -0.385 e. The molecule has 1 rings (SSSR count). The van der Waals surface area contributed by atoms with Crippen molar-refractivity contribution < 1.29 is 9.53 Å². The van der Waals surface area contributed by atoms with Gasteiger partial charge in [-0.1, -0.05) is 0 Å². The molecule has 1 aromatic heterocycles. The molecule has 5 heteroatoms. The van der Waals surface area contributed by atoms with Gasteiger partial charge in [-0.15, -0.1) is 0 Å². The third kappa shape index (κ3) is 3.96. The molecule has 0 aliphatic carbocycles. The number of hydrogen-bond acceptors (Lipinski definition) is 4. The molecule has 0 saturated heterocycles. The van der Waals surface area contributed by atoms with Gasteiger partial charge in [0.2, 0.25) is 0 Å². The first-order chi connectivity index (χ1) is 7.77. The third-order valence-electron chi connectivity index (χ3n) is 2.10. The van der Waals surface area contributed by atoms with Crippen molar-refractivity contribution >= 4 is 5.91 Å². The molecule has 0 radical (unpaired) electrons. The Morgan fingerprint density at radius 2 is 2.44 bits per heavy atom. The number of carbonyl (C=O) groups excluding carboxylic acids is 1. The number of methoxy groups -OCH3 is 1. The van der Waals surface area contributed by atoms with E-state index in [1.165, 1.54) is 0 Å². The Balaban J connectivity index is 2.46. The molecule has 0 aliphatic heterocycles. The van der Waals surface area contributed by atoms with Gasteiger partial charge in [-0.3, -0.25) is 9.78 Å². The van der Waals surface area contributed by atoms with Gasteiger partial charge in [-0.25, -0.2) is 0 Å². The Labute approximate surface area is 95.0 Å². The quantitative estimate of drug-likeness (QED) is 0.680. The van der Waals surface area contributed by atoms with E-state index in [9.17, 15) is 4.79 Å². The lowest BCUT2D eigenvalue weighted by Gasteiger charge is -2.05. The molecule has 1 heterocycles. The van der Waals surface area contributed by atoms with E-state index in [1.807, 2.05) is 0 Å². The van der Waals surface area contributed by atoms with Gasteiger partial charge >= 0.3 is 0 Å². The lowest BCUT2D eigenvalue weighted by Crippen LogP contribution is -2.26. The Hall–Kier alpha value is -1.46. The molecule has 0 spiro atoms. The first-order valence-corrected chi connectivity index (χ1v) is 5.20. The summed E-state index contributed by atoms with van der Waals surface area (Å²) in [5.41, 5.74) is 6.79. The van der Waals surface area contributed by atoms with Crippen molar-refractivity contribution in [3.63, 3.8) is 0 Å². The van der Waals surface area contributed by atoms with Crippen LogP contribution in [0, 0.1) is 0 Å². The molecule has 0 atom stereocenters. The second-order valence-electron chi connectivity index (χ2n) is 3.36. The van der Waals surface area contributed by atoms with Crippen LogP contribution in [-0.4, -0.2) is 31.2 Å². The lowest BCUT2D eigenvalue weighted by molar-refractivity contribution is 0.0943. The number of hydrogen-bond donors (Lipinski definition) is 2. The van der Waals surface area contributed by atoms with E-state index in [-0.39, 0.29) is 5.91 Å². The molecule has 0 fully saturated rings. The molecule has 1 amide bonds. The van der Waals surface area contributed by atoms with Crippen LogP contribution in [0.25, 0.3) is 0 Å². The largest absolute Gasteiger partial charge is 0.385 e. The van der Waals surface area contributed by atoms with Crippen molar-refractivity contribution in [1.82, 2.24) is 10.3 Å². The highest BCUT2D eigenvalue weighted by molar-refractivity contribution is 5.92. The van der Waals surface area contributed by atoms with Gasteiger partial charge in [0.15, 0.2) is 0 Å². The number of nitrogens with zero attached hydrogens (tertiary/aromatic N) is 1. The Kier molecular flexibility index (Phi) is 5.45. The van der Waals surface area contributed by atoms with E-state index in [0.717, 1.165) is 12.0 Å². The number of carbonyl (C=O) groups is 1. The predicted molar refractivity (Wildman–Crippen MR) is 61.0 cm³/mol. The van der Waals surface area contributed by atoms with Crippen LogP contribution in [0.15, 0.2) is 18.3 Å². The topological polar surface area (TPSA) is 77.2 Å². The summed E-state index contributed by atoms with van der Waals surface area (Å²) >= 11 is 0. The molecular weight excluding hydrogens is 206 g/mol. The van der Waals surface area contributed by atoms with Gasteiger partial charge in [0.25, 0.3) is 5.91 Å². The van der Waals surface area contributed by atoms with Crippen molar-refractivity contribution in [2.45, 2.75) is 13.0 Å². The monoisotopic (exact) mass is 223 g/mol. The summed E-state index contributed by atoms with van der Waals surface area (Å²) in [7, 11) is 1.63. The standard InChI is InChI=1S/C11H17N3O2/c1-16-6-2-4-14-11(15)10-7-9(8-12)3-5-13-10/h3,5,7H,2,4,6,8,12H2,1H3,(H,14,15). The zero-order valence-electron chi connectivity index (χ0n) is 9.40. The van der Waals surface area contributed by atoms with Gasteiger partial charge in [0, 0.05) is 33.0 Å². The molecule has 0 aliphatic rings. The predicted octanol–water partition coefficient (Wildman–Crippen LogP) is 0.307. The van der Waals surface area contributed by atoms with E-state index in [4.69, 9.17) is 10.5 Å².